The van der Waals surface area contributed by atoms with E-state index in [2.05, 4.69) is 41.7 Å². The molecular formula is C20H16N3S+. The van der Waals surface area contributed by atoms with Crippen molar-refractivity contribution >= 4 is 22.2 Å². The summed E-state index contributed by atoms with van der Waals surface area (Å²) >= 11 is 1.64. The number of benzene rings is 3. The van der Waals surface area contributed by atoms with Gasteiger partial charge in [-0.2, -0.15) is 0 Å². The summed E-state index contributed by atoms with van der Waals surface area (Å²) in [5, 5.41) is 10.1. The predicted molar refractivity (Wildman–Crippen MR) is 98.8 cm³/mol. The van der Waals surface area contributed by atoms with Gasteiger partial charge in [0.05, 0.1) is 5.56 Å². The van der Waals surface area contributed by atoms with E-state index in [4.69, 9.17) is 5.10 Å². The molecule has 3 aromatic carbocycles. The second-order valence-electron chi connectivity index (χ2n) is 5.32. The summed E-state index contributed by atoms with van der Waals surface area (Å²) in [6.45, 7) is 0. The number of para-hydroxylation sites is 2. The topological polar surface area (TPSA) is 28.8 Å². The van der Waals surface area contributed by atoms with Crippen LogP contribution in [0.2, 0.25) is 0 Å². The summed E-state index contributed by atoms with van der Waals surface area (Å²) < 4.78 is 1.99. The standard InChI is InChI=1S/C20H16N3S/c1-4-10-16(11-5-1)19-23(18-14-8-3-9-15-18)22-20(24-19)21-17-12-6-2-7-13-17/h1-15H,(H,21,22)/q+1. The lowest BCUT2D eigenvalue weighted by Crippen LogP contribution is -2.34. The fourth-order valence-electron chi connectivity index (χ4n) is 2.49. The first-order valence-corrected chi connectivity index (χ1v) is 8.58. The zero-order valence-electron chi connectivity index (χ0n) is 13.0. The van der Waals surface area contributed by atoms with Crippen molar-refractivity contribution in [1.82, 2.24) is 5.10 Å². The minimum atomic E-state index is 0.865. The highest BCUT2D eigenvalue weighted by molar-refractivity contribution is 7.18. The number of hydrogen-bond donors (Lipinski definition) is 1. The van der Waals surface area contributed by atoms with Gasteiger partial charge in [-0.15, -0.1) is 0 Å². The van der Waals surface area contributed by atoms with E-state index in [-0.39, 0.29) is 0 Å². The Labute approximate surface area is 144 Å². The van der Waals surface area contributed by atoms with Crippen molar-refractivity contribution in [2.24, 2.45) is 0 Å². The summed E-state index contributed by atoms with van der Waals surface area (Å²) in [5.41, 5.74) is 3.24. The average molecular weight is 330 g/mol. The van der Waals surface area contributed by atoms with Gasteiger partial charge in [0, 0.05) is 22.9 Å². The molecule has 0 spiro atoms. The Morgan fingerprint density at radius 1 is 0.708 bits per heavy atom. The number of anilines is 2. The molecule has 0 unspecified atom stereocenters. The summed E-state index contributed by atoms with van der Waals surface area (Å²) in [6.07, 6.45) is 0. The minimum absolute atomic E-state index is 0.865. The Balaban J connectivity index is 1.79. The summed E-state index contributed by atoms with van der Waals surface area (Å²) in [6, 6.07) is 30.7. The van der Waals surface area contributed by atoms with Crippen LogP contribution >= 0.6 is 11.3 Å². The normalized spacial score (nSPS) is 10.5. The highest BCUT2D eigenvalue weighted by atomic mass is 32.1. The first-order chi connectivity index (χ1) is 11.9. The summed E-state index contributed by atoms with van der Waals surface area (Å²) in [5.74, 6) is 0. The van der Waals surface area contributed by atoms with Gasteiger partial charge < -0.3 is 5.32 Å². The van der Waals surface area contributed by atoms with Crippen LogP contribution in [0.4, 0.5) is 10.8 Å². The van der Waals surface area contributed by atoms with Crippen LogP contribution in [0.3, 0.4) is 0 Å². The molecule has 0 radical (unpaired) electrons. The van der Waals surface area contributed by atoms with Crippen LogP contribution in [0.25, 0.3) is 16.3 Å². The van der Waals surface area contributed by atoms with Crippen molar-refractivity contribution in [1.29, 1.82) is 0 Å². The molecule has 3 nitrogen and oxygen atoms in total. The van der Waals surface area contributed by atoms with E-state index in [1.807, 2.05) is 59.3 Å². The number of nitrogens with one attached hydrogen (secondary N) is 1. The fourth-order valence-corrected chi connectivity index (χ4v) is 3.45. The van der Waals surface area contributed by atoms with Gasteiger partial charge in [0.15, 0.2) is 0 Å². The molecule has 0 atom stereocenters. The average Bonchev–Trinajstić information content (AvgIpc) is 3.08. The number of nitrogens with zero attached hydrogens (tertiary/aromatic N) is 2. The van der Waals surface area contributed by atoms with Crippen molar-refractivity contribution < 1.29 is 4.68 Å². The van der Waals surface area contributed by atoms with Crippen LogP contribution in [-0.2, 0) is 0 Å². The third kappa shape index (κ3) is 3.05. The molecule has 0 saturated heterocycles. The molecule has 0 bridgehead atoms. The van der Waals surface area contributed by atoms with Gasteiger partial charge in [0.1, 0.15) is 0 Å². The van der Waals surface area contributed by atoms with Gasteiger partial charge in [-0.25, -0.2) is 0 Å². The van der Waals surface area contributed by atoms with Crippen molar-refractivity contribution in [3.8, 4) is 16.3 Å². The second-order valence-corrected chi connectivity index (χ2v) is 6.29. The molecule has 1 N–H and O–H groups in total. The summed E-state index contributed by atoms with van der Waals surface area (Å²) in [7, 11) is 0. The first kappa shape index (κ1) is 14.6. The van der Waals surface area contributed by atoms with Crippen LogP contribution in [0.5, 0.6) is 0 Å². The van der Waals surface area contributed by atoms with E-state index in [1.165, 1.54) is 0 Å². The molecular weight excluding hydrogens is 314 g/mol. The van der Waals surface area contributed by atoms with Gasteiger partial charge in [0.2, 0.25) is 5.69 Å². The van der Waals surface area contributed by atoms with Gasteiger partial charge in [-0.1, -0.05) is 54.6 Å². The van der Waals surface area contributed by atoms with E-state index >= 15 is 0 Å². The van der Waals surface area contributed by atoms with Crippen LogP contribution in [0.15, 0.2) is 91.0 Å². The van der Waals surface area contributed by atoms with Crippen molar-refractivity contribution in [3.05, 3.63) is 91.0 Å². The number of aromatic nitrogens is 2. The minimum Gasteiger partial charge on any atom is -0.327 e. The van der Waals surface area contributed by atoms with E-state index in [0.717, 1.165) is 27.1 Å². The summed E-state index contributed by atoms with van der Waals surface area (Å²) in [4.78, 5) is 0. The Bertz CT molecular complexity index is 862. The third-order valence-electron chi connectivity index (χ3n) is 3.62. The van der Waals surface area contributed by atoms with E-state index in [1.54, 1.807) is 11.3 Å². The highest BCUT2D eigenvalue weighted by Crippen LogP contribution is 2.28. The number of rotatable bonds is 4. The zero-order valence-corrected chi connectivity index (χ0v) is 13.8. The molecule has 0 fully saturated rings. The van der Waals surface area contributed by atoms with Gasteiger partial charge >= 0.3 is 5.01 Å². The molecule has 1 aromatic heterocycles. The Morgan fingerprint density at radius 3 is 1.96 bits per heavy atom. The highest BCUT2D eigenvalue weighted by Gasteiger charge is 2.23. The van der Waals surface area contributed by atoms with Gasteiger partial charge in [0.25, 0.3) is 5.13 Å². The van der Waals surface area contributed by atoms with Gasteiger partial charge in [-0.3, -0.25) is 0 Å². The lowest BCUT2D eigenvalue weighted by atomic mass is 10.2. The predicted octanol–water partition coefficient (Wildman–Crippen LogP) is 4.83. The Morgan fingerprint density at radius 2 is 1.29 bits per heavy atom. The SMILES string of the molecule is c1ccc(Nc2n[n+](-c3ccccc3)c(-c3ccccc3)s2)cc1. The van der Waals surface area contributed by atoms with E-state index in [0.29, 0.717) is 0 Å². The van der Waals surface area contributed by atoms with Crippen LogP contribution in [0.1, 0.15) is 0 Å². The molecule has 24 heavy (non-hydrogen) atoms. The Kier molecular flexibility index (Phi) is 4.04. The molecule has 0 aliphatic rings. The van der Waals surface area contributed by atoms with Crippen LogP contribution < -0.4 is 10.00 Å². The zero-order chi connectivity index (χ0) is 16.2. The largest absolute Gasteiger partial charge is 0.327 e. The maximum atomic E-state index is 4.78. The maximum absolute atomic E-state index is 4.78. The second kappa shape index (κ2) is 6.64. The molecule has 4 heteroatoms. The molecule has 4 rings (SSSR count). The Hall–Kier alpha value is -2.98. The molecule has 1 heterocycles. The van der Waals surface area contributed by atoms with Crippen molar-refractivity contribution in [3.63, 3.8) is 0 Å². The van der Waals surface area contributed by atoms with Crippen molar-refractivity contribution in [2.75, 3.05) is 5.32 Å². The van der Waals surface area contributed by atoms with Crippen LogP contribution in [0, 0.1) is 0 Å². The third-order valence-corrected chi connectivity index (χ3v) is 4.60. The van der Waals surface area contributed by atoms with E-state index < -0.39 is 0 Å². The van der Waals surface area contributed by atoms with Crippen LogP contribution in [-0.4, -0.2) is 5.10 Å². The quantitative estimate of drug-likeness (QED) is 0.543. The number of hydrogen-bond acceptors (Lipinski definition) is 3. The fraction of sp³-hybridized carbons (Fsp3) is 0. The van der Waals surface area contributed by atoms with E-state index in [9.17, 15) is 0 Å². The molecule has 116 valence electrons. The maximum Gasteiger partial charge on any atom is 0.304 e. The lowest BCUT2D eigenvalue weighted by molar-refractivity contribution is -0.642. The lowest BCUT2D eigenvalue weighted by Gasteiger charge is -1.97. The molecule has 4 aromatic rings. The van der Waals surface area contributed by atoms with Gasteiger partial charge in [-0.05, 0) is 40.3 Å². The molecule has 0 amide bonds. The molecule has 0 aliphatic heterocycles. The van der Waals surface area contributed by atoms with Crippen molar-refractivity contribution in [2.45, 2.75) is 0 Å². The smallest absolute Gasteiger partial charge is 0.304 e. The molecule has 0 aliphatic carbocycles. The first-order valence-electron chi connectivity index (χ1n) is 7.76. The molecule has 0 saturated carbocycles. The monoisotopic (exact) mass is 330 g/mol.